The van der Waals surface area contributed by atoms with Crippen LogP contribution in [0.2, 0.25) is 0 Å². The average molecular weight is 490 g/mol. The molecule has 36 heavy (non-hydrogen) atoms. The smallest absolute Gasteiger partial charge is 0.343 e. The predicted octanol–water partition coefficient (Wildman–Crippen LogP) is 4.38. The molecule has 0 heterocycles. The molecule has 0 fully saturated rings. The van der Waals surface area contributed by atoms with Crippen molar-refractivity contribution < 1.29 is 28.5 Å². The Morgan fingerprint density at radius 3 is 2.17 bits per heavy atom. The van der Waals surface area contributed by atoms with E-state index in [1.165, 1.54) is 18.2 Å². The highest BCUT2D eigenvalue weighted by molar-refractivity contribution is 5.77. The van der Waals surface area contributed by atoms with E-state index in [0.29, 0.717) is 30.4 Å². The minimum Gasteiger partial charge on any atom is -0.489 e. The van der Waals surface area contributed by atoms with Gasteiger partial charge in [0.15, 0.2) is 13.2 Å². The van der Waals surface area contributed by atoms with E-state index >= 15 is 0 Å². The van der Waals surface area contributed by atoms with Crippen LogP contribution in [0.5, 0.6) is 17.2 Å². The molecule has 3 aromatic rings. The maximum absolute atomic E-state index is 12.3. The van der Waals surface area contributed by atoms with Gasteiger partial charge in [-0.05, 0) is 36.1 Å². The fraction of sp³-hybridized carbons (Fsp3) is 0.241. The quantitative estimate of drug-likeness (QED) is 0.359. The van der Waals surface area contributed by atoms with Gasteiger partial charge < -0.3 is 24.3 Å². The summed E-state index contributed by atoms with van der Waals surface area (Å²) in [5.74, 6) is 0.471. The lowest BCUT2D eigenvalue weighted by Gasteiger charge is -2.13. The number of hydrogen-bond donors (Lipinski definition) is 1. The Bertz CT molecular complexity index is 1160. The maximum atomic E-state index is 12.3. The monoisotopic (exact) mass is 489 g/mol. The average Bonchev–Trinajstić information content (AvgIpc) is 2.90. The van der Waals surface area contributed by atoms with Crippen molar-refractivity contribution in [2.24, 2.45) is 0 Å². The summed E-state index contributed by atoms with van der Waals surface area (Å²) in [6.07, 6.45) is 4.58. The number of carbonyl (C=O) groups excluding carboxylic acids is 2. The van der Waals surface area contributed by atoms with E-state index in [1.54, 1.807) is 18.2 Å². The second-order valence-electron chi connectivity index (χ2n) is 7.94. The first-order valence-corrected chi connectivity index (χ1v) is 11.7. The first kappa shape index (κ1) is 26.3. The molecule has 0 aliphatic heterocycles. The summed E-state index contributed by atoms with van der Waals surface area (Å²) in [4.78, 5) is 23.8. The van der Waals surface area contributed by atoms with E-state index in [2.05, 4.69) is 10.1 Å². The van der Waals surface area contributed by atoms with E-state index in [4.69, 9.17) is 14.2 Å². The SMILES string of the molecule is COC(=O)COc1cc(OC/C=C/c2ccccc2)cc(OCC(=O)NCCc2ccccc2C)c1. The lowest BCUT2D eigenvalue weighted by atomic mass is 10.1. The Kier molecular flexibility index (Phi) is 10.4. The highest BCUT2D eigenvalue weighted by atomic mass is 16.6. The summed E-state index contributed by atoms with van der Waals surface area (Å²) < 4.78 is 21.6. The molecule has 3 rings (SSSR count). The molecular formula is C29H31NO6. The van der Waals surface area contributed by atoms with Crippen molar-refractivity contribution in [1.82, 2.24) is 5.32 Å². The van der Waals surface area contributed by atoms with E-state index < -0.39 is 5.97 Å². The summed E-state index contributed by atoms with van der Waals surface area (Å²) in [6, 6.07) is 22.9. The van der Waals surface area contributed by atoms with Crippen LogP contribution >= 0.6 is 0 Å². The van der Waals surface area contributed by atoms with E-state index in [0.717, 1.165) is 12.0 Å². The van der Waals surface area contributed by atoms with Crippen molar-refractivity contribution in [3.8, 4) is 17.2 Å². The first-order valence-electron chi connectivity index (χ1n) is 11.7. The van der Waals surface area contributed by atoms with Crippen molar-refractivity contribution >= 4 is 18.0 Å². The molecule has 188 valence electrons. The van der Waals surface area contributed by atoms with Gasteiger partial charge in [-0.1, -0.05) is 60.7 Å². The Morgan fingerprint density at radius 2 is 1.47 bits per heavy atom. The molecule has 3 aromatic carbocycles. The zero-order valence-electron chi connectivity index (χ0n) is 20.6. The third-order valence-electron chi connectivity index (χ3n) is 5.24. The third kappa shape index (κ3) is 9.18. The number of rotatable bonds is 13. The molecule has 1 N–H and O–H groups in total. The number of nitrogens with one attached hydrogen (secondary N) is 1. The van der Waals surface area contributed by atoms with Crippen molar-refractivity contribution in [3.05, 3.63) is 95.6 Å². The van der Waals surface area contributed by atoms with Crippen molar-refractivity contribution in [3.63, 3.8) is 0 Å². The summed E-state index contributed by atoms with van der Waals surface area (Å²) >= 11 is 0. The molecule has 7 nitrogen and oxygen atoms in total. The Labute approximate surface area is 211 Å². The fourth-order valence-electron chi connectivity index (χ4n) is 3.32. The first-order chi connectivity index (χ1) is 17.5. The van der Waals surface area contributed by atoms with Gasteiger partial charge in [-0.3, -0.25) is 4.79 Å². The van der Waals surface area contributed by atoms with Crippen molar-refractivity contribution in [2.75, 3.05) is 33.5 Å². The normalized spacial score (nSPS) is 10.6. The summed E-state index contributed by atoms with van der Waals surface area (Å²) in [6.45, 7) is 2.45. The lowest BCUT2D eigenvalue weighted by molar-refractivity contribution is -0.142. The molecule has 0 saturated carbocycles. The second-order valence-corrected chi connectivity index (χ2v) is 7.94. The molecule has 0 radical (unpaired) electrons. The maximum Gasteiger partial charge on any atom is 0.343 e. The number of aryl methyl sites for hydroxylation is 1. The molecular weight excluding hydrogens is 458 g/mol. The molecule has 0 aliphatic carbocycles. The van der Waals surface area contributed by atoms with E-state index in [1.807, 2.05) is 73.7 Å². The van der Waals surface area contributed by atoms with Gasteiger partial charge in [-0.15, -0.1) is 0 Å². The fourth-order valence-corrected chi connectivity index (χ4v) is 3.32. The predicted molar refractivity (Wildman–Crippen MR) is 138 cm³/mol. The minimum atomic E-state index is -0.511. The summed E-state index contributed by atoms with van der Waals surface area (Å²) in [7, 11) is 1.29. The number of ether oxygens (including phenoxy) is 4. The Morgan fingerprint density at radius 1 is 0.833 bits per heavy atom. The van der Waals surface area contributed by atoms with E-state index in [9.17, 15) is 9.59 Å². The number of esters is 1. The molecule has 0 saturated heterocycles. The number of carbonyl (C=O) groups is 2. The number of amides is 1. The Hall–Kier alpha value is -4.26. The van der Waals surface area contributed by atoms with Gasteiger partial charge >= 0.3 is 5.97 Å². The van der Waals surface area contributed by atoms with Gasteiger partial charge in [0.05, 0.1) is 7.11 Å². The zero-order valence-corrected chi connectivity index (χ0v) is 20.6. The van der Waals surface area contributed by atoms with Crippen LogP contribution in [0.15, 0.2) is 78.9 Å². The van der Waals surface area contributed by atoms with Crippen LogP contribution in [0.3, 0.4) is 0 Å². The van der Waals surface area contributed by atoms with E-state index in [-0.39, 0.29) is 19.1 Å². The highest BCUT2D eigenvalue weighted by Gasteiger charge is 2.09. The van der Waals surface area contributed by atoms with Crippen molar-refractivity contribution in [1.29, 1.82) is 0 Å². The summed E-state index contributed by atoms with van der Waals surface area (Å²) in [5.41, 5.74) is 3.45. The van der Waals surface area contributed by atoms with Gasteiger partial charge in [-0.2, -0.15) is 0 Å². The van der Waals surface area contributed by atoms with Crippen LogP contribution in [0.1, 0.15) is 16.7 Å². The topological polar surface area (TPSA) is 83.1 Å². The standard InChI is InChI=1S/C29H31NO6/c1-22-9-6-7-13-24(22)14-15-30-28(31)20-35-26-17-25(18-27(19-26)36-21-29(32)33-2)34-16-8-12-23-10-4-3-5-11-23/h3-13,17-19H,14-16,20-21H2,1-2H3,(H,30,31)/b12-8+. The molecule has 0 unspecified atom stereocenters. The third-order valence-corrected chi connectivity index (χ3v) is 5.24. The number of methoxy groups -OCH3 is 1. The van der Waals surface area contributed by atoms with Gasteiger partial charge in [0.2, 0.25) is 0 Å². The van der Waals surface area contributed by atoms with Crippen LogP contribution in [-0.2, 0) is 20.7 Å². The molecule has 7 heteroatoms. The highest BCUT2D eigenvalue weighted by Crippen LogP contribution is 2.28. The molecule has 0 bridgehead atoms. The van der Waals surface area contributed by atoms with Gasteiger partial charge in [-0.25, -0.2) is 4.79 Å². The summed E-state index contributed by atoms with van der Waals surface area (Å²) in [5, 5.41) is 2.87. The van der Waals surface area contributed by atoms with Gasteiger partial charge in [0.1, 0.15) is 23.9 Å². The molecule has 0 spiro atoms. The van der Waals surface area contributed by atoms with Gasteiger partial charge in [0.25, 0.3) is 5.91 Å². The Balaban J connectivity index is 1.55. The molecule has 0 aliphatic rings. The lowest BCUT2D eigenvalue weighted by Crippen LogP contribution is -2.30. The molecule has 0 atom stereocenters. The largest absolute Gasteiger partial charge is 0.489 e. The second kappa shape index (κ2) is 14.2. The molecule has 1 amide bonds. The zero-order chi connectivity index (χ0) is 25.6. The van der Waals surface area contributed by atoms with Crippen LogP contribution in [0.25, 0.3) is 6.08 Å². The minimum absolute atomic E-state index is 0.165. The molecule has 0 aromatic heterocycles. The van der Waals surface area contributed by atoms with Crippen LogP contribution < -0.4 is 19.5 Å². The number of hydrogen-bond acceptors (Lipinski definition) is 6. The van der Waals surface area contributed by atoms with Crippen LogP contribution in [-0.4, -0.2) is 45.4 Å². The van der Waals surface area contributed by atoms with Crippen LogP contribution in [0.4, 0.5) is 0 Å². The van der Waals surface area contributed by atoms with Crippen molar-refractivity contribution in [2.45, 2.75) is 13.3 Å². The van der Waals surface area contributed by atoms with Gasteiger partial charge in [0, 0.05) is 24.7 Å². The number of benzene rings is 3. The van der Waals surface area contributed by atoms with Crippen LogP contribution in [0, 0.1) is 6.92 Å².